The van der Waals surface area contributed by atoms with E-state index in [9.17, 15) is 14.7 Å². The summed E-state index contributed by atoms with van der Waals surface area (Å²) in [5.74, 6) is -0.549. The smallest absolute Gasteiger partial charge is 0.306 e. The lowest BCUT2D eigenvalue weighted by atomic mass is 10.0. The fourth-order valence-corrected chi connectivity index (χ4v) is 2.21. The van der Waals surface area contributed by atoms with Crippen LogP contribution in [0.5, 0.6) is 0 Å². The molecule has 0 aliphatic carbocycles. The number of carboxylic acid groups (broad SMARTS) is 1. The molecule has 0 fully saturated rings. The van der Waals surface area contributed by atoms with Crippen LogP contribution in [0, 0.1) is 0 Å². The molecule has 1 rings (SSSR count). The molecule has 6 heteroatoms. The van der Waals surface area contributed by atoms with Crippen LogP contribution in [-0.4, -0.2) is 40.5 Å². The number of aliphatic hydroxyl groups is 1. The molecule has 0 spiro atoms. The number of amides is 1. The number of benzene rings is 1. The van der Waals surface area contributed by atoms with Crippen LogP contribution in [0.25, 0.3) is 0 Å². The Kier molecular flexibility index (Phi) is 6.04. The number of carbonyl (C=O) groups is 2. The number of hydrogen-bond donors (Lipinski definition) is 3. The van der Waals surface area contributed by atoms with Gasteiger partial charge in [0, 0.05) is 17.9 Å². The molecule has 0 aromatic heterocycles. The number of hydrogen-bond acceptors (Lipinski definition) is 4. The normalized spacial score (nSPS) is 13.6. The summed E-state index contributed by atoms with van der Waals surface area (Å²) >= 11 is 1.70. The fourth-order valence-electron chi connectivity index (χ4n) is 1.68. The van der Waals surface area contributed by atoms with Crippen molar-refractivity contribution < 1.29 is 19.8 Å². The summed E-state index contributed by atoms with van der Waals surface area (Å²) in [6.07, 6.45) is 1.59. The minimum Gasteiger partial charge on any atom is -0.481 e. The number of carbonyl (C=O) groups excluding carboxylic acids is 1. The van der Waals surface area contributed by atoms with Gasteiger partial charge in [-0.05, 0) is 30.9 Å². The molecule has 0 radical (unpaired) electrons. The highest BCUT2D eigenvalue weighted by molar-refractivity contribution is 7.97. The van der Waals surface area contributed by atoms with Crippen LogP contribution in [0.2, 0.25) is 0 Å². The van der Waals surface area contributed by atoms with Crippen LogP contribution < -0.4 is 5.32 Å². The molecule has 0 aliphatic heterocycles. The Morgan fingerprint density at radius 3 is 2.40 bits per heavy atom. The highest BCUT2D eigenvalue weighted by Gasteiger charge is 2.24. The van der Waals surface area contributed by atoms with Crippen molar-refractivity contribution in [3.8, 4) is 0 Å². The first kappa shape index (κ1) is 16.5. The van der Waals surface area contributed by atoms with E-state index >= 15 is 0 Å². The van der Waals surface area contributed by atoms with Crippen molar-refractivity contribution in [2.75, 3.05) is 12.8 Å². The maximum atomic E-state index is 11.9. The van der Waals surface area contributed by atoms with Crippen molar-refractivity contribution in [2.45, 2.75) is 24.7 Å². The Hall–Kier alpha value is -1.53. The second kappa shape index (κ2) is 7.31. The number of rotatable bonds is 7. The Morgan fingerprint density at radius 1 is 1.30 bits per heavy atom. The van der Waals surface area contributed by atoms with Gasteiger partial charge in [0.2, 0.25) is 0 Å². The molecule has 0 heterocycles. The largest absolute Gasteiger partial charge is 0.481 e. The van der Waals surface area contributed by atoms with Crippen LogP contribution >= 0.6 is 11.8 Å². The molecular weight excluding hydrogens is 278 g/mol. The second-order valence-electron chi connectivity index (χ2n) is 4.88. The predicted molar refractivity (Wildman–Crippen MR) is 78.9 cm³/mol. The van der Waals surface area contributed by atoms with Crippen LogP contribution in [0.15, 0.2) is 24.3 Å². The zero-order chi connectivity index (χ0) is 15.2. The van der Waals surface area contributed by atoms with E-state index in [0.717, 1.165) is 11.3 Å². The van der Waals surface area contributed by atoms with Crippen LogP contribution in [-0.2, 0) is 10.5 Å². The fraction of sp³-hybridized carbons (Fsp3) is 0.429. The summed E-state index contributed by atoms with van der Waals surface area (Å²) in [6, 6.07) is 7.18. The Bertz CT molecular complexity index is 471. The average Bonchev–Trinajstić information content (AvgIpc) is 2.36. The van der Waals surface area contributed by atoms with Gasteiger partial charge >= 0.3 is 5.97 Å². The molecule has 0 saturated carbocycles. The van der Waals surface area contributed by atoms with E-state index in [1.54, 1.807) is 23.9 Å². The minimum atomic E-state index is -1.46. The third-order valence-corrected chi connectivity index (χ3v) is 3.31. The van der Waals surface area contributed by atoms with E-state index in [4.69, 9.17) is 5.11 Å². The standard InChI is InChI=1S/C14H19NO4S/c1-14(19,7-12(16)17)9-15-13(18)11-5-3-10(4-6-11)8-20-2/h3-6,19H,7-9H2,1-2H3,(H,15,18)(H,16,17). The molecule has 1 atom stereocenters. The lowest BCUT2D eigenvalue weighted by molar-refractivity contribution is -0.141. The van der Waals surface area contributed by atoms with Gasteiger partial charge in [0.25, 0.3) is 5.91 Å². The van der Waals surface area contributed by atoms with E-state index in [0.29, 0.717) is 5.56 Å². The summed E-state index contributed by atoms with van der Waals surface area (Å²) in [4.78, 5) is 22.4. The number of nitrogens with one attached hydrogen (secondary N) is 1. The number of thioether (sulfide) groups is 1. The molecule has 1 amide bonds. The molecule has 5 nitrogen and oxygen atoms in total. The molecule has 1 unspecified atom stereocenters. The van der Waals surface area contributed by atoms with Crippen molar-refractivity contribution in [1.82, 2.24) is 5.32 Å². The van der Waals surface area contributed by atoms with Gasteiger partial charge in [0.1, 0.15) is 0 Å². The Labute approximate surface area is 122 Å². The number of aliphatic carboxylic acids is 1. The summed E-state index contributed by atoms with van der Waals surface area (Å²) in [5.41, 5.74) is 0.160. The first-order valence-corrected chi connectivity index (χ1v) is 7.54. The maximum absolute atomic E-state index is 11.9. The first-order valence-electron chi connectivity index (χ1n) is 6.14. The van der Waals surface area contributed by atoms with Crippen molar-refractivity contribution in [3.05, 3.63) is 35.4 Å². The van der Waals surface area contributed by atoms with Crippen molar-refractivity contribution in [3.63, 3.8) is 0 Å². The SMILES string of the molecule is CSCc1ccc(C(=O)NCC(C)(O)CC(=O)O)cc1. The Balaban J connectivity index is 2.56. The summed E-state index contributed by atoms with van der Waals surface area (Å²) in [6.45, 7) is 1.27. The molecule has 0 saturated heterocycles. The predicted octanol–water partition coefficient (Wildman–Crippen LogP) is 1.51. The van der Waals surface area contributed by atoms with Gasteiger partial charge in [-0.1, -0.05) is 12.1 Å². The lowest BCUT2D eigenvalue weighted by Gasteiger charge is -2.21. The summed E-state index contributed by atoms with van der Waals surface area (Å²) in [7, 11) is 0. The second-order valence-corrected chi connectivity index (χ2v) is 5.75. The lowest BCUT2D eigenvalue weighted by Crippen LogP contribution is -2.42. The molecule has 1 aromatic rings. The summed E-state index contributed by atoms with van der Waals surface area (Å²) in [5, 5.41) is 21.0. The molecule has 0 bridgehead atoms. The number of carboxylic acids is 1. The van der Waals surface area contributed by atoms with Crippen molar-refractivity contribution >= 4 is 23.6 Å². The van der Waals surface area contributed by atoms with E-state index < -0.39 is 18.0 Å². The van der Waals surface area contributed by atoms with E-state index in [1.807, 2.05) is 18.4 Å². The zero-order valence-corrected chi connectivity index (χ0v) is 12.4. The molecule has 110 valence electrons. The van der Waals surface area contributed by atoms with Gasteiger partial charge in [-0.3, -0.25) is 9.59 Å². The highest BCUT2D eigenvalue weighted by atomic mass is 32.2. The monoisotopic (exact) mass is 297 g/mol. The van der Waals surface area contributed by atoms with Gasteiger partial charge in [-0.15, -0.1) is 0 Å². The van der Waals surface area contributed by atoms with Gasteiger partial charge in [-0.25, -0.2) is 0 Å². The van der Waals surface area contributed by atoms with Crippen molar-refractivity contribution in [2.24, 2.45) is 0 Å². The van der Waals surface area contributed by atoms with Crippen LogP contribution in [0.3, 0.4) is 0 Å². The molecule has 0 aliphatic rings. The van der Waals surface area contributed by atoms with E-state index in [-0.39, 0.29) is 12.5 Å². The van der Waals surface area contributed by atoms with E-state index in [1.165, 1.54) is 6.92 Å². The maximum Gasteiger partial charge on any atom is 0.306 e. The van der Waals surface area contributed by atoms with Gasteiger partial charge in [0.15, 0.2) is 0 Å². The highest BCUT2D eigenvalue weighted by Crippen LogP contribution is 2.11. The molecule has 3 N–H and O–H groups in total. The Morgan fingerprint density at radius 2 is 1.90 bits per heavy atom. The minimum absolute atomic E-state index is 0.106. The topological polar surface area (TPSA) is 86.6 Å². The molecule has 20 heavy (non-hydrogen) atoms. The molecular formula is C14H19NO4S. The zero-order valence-electron chi connectivity index (χ0n) is 11.5. The average molecular weight is 297 g/mol. The van der Waals surface area contributed by atoms with Crippen molar-refractivity contribution in [1.29, 1.82) is 0 Å². The third kappa shape index (κ3) is 5.63. The van der Waals surface area contributed by atoms with Gasteiger partial charge < -0.3 is 15.5 Å². The van der Waals surface area contributed by atoms with Crippen LogP contribution in [0.1, 0.15) is 29.3 Å². The summed E-state index contributed by atoms with van der Waals surface area (Å²) < 4.78 is 0. The quantitative estimate of drug-likeness (QED) is 0.710. The van der Waals surface area contributed by atoms with Gasteiger partial charge in [0.05, 0.1) is 12.0 Å². The first-order chi connectivity index (χ1) is 9.34. The van der Waals surface area contributed by atoms with Crippen LogP contribution in [0.4, 0.5) is 0 Å². The third-order valence-electron chi connectivity index (χ3n) is 2.69. The van der Waals surface area contributed by atoms with E-state index in [2.05, 4.69) is 5.32 Å². The molecule has 1 aromatic carbocycles. The van der Waals surface area contributed by atoms with Gasteiger partial charge in [-0.2, -0.15) is 11.8 Å².